The van der Waals surface area contributed by atoms with Gasteiger partial charge in [0.15, 0.2) is 0 Å². The fraction of sp³-hybridized carbons (Fsp3) is 0.385. The molecule has 1 rings (SSSR count). The molecule has 1 N–H and O–H groups in total. The smallest absolute Gasteiger partial charge is 0.228 e. The number of halogens is 1. The van der Waals surface area contributed by atoms with Crippen LogP contribution in [0.2, 0.25) is 0 Å². The Hall–Kier alpha value is -0.910. The van der Waals surface area contributed by atoms with Crippen LogP contribution in [-0.2, 0) is 4.79 Å². The molecule has 1 heterocycles. The van der Waals surface area contributed by atoms with Crippen molar-refractivity contribution in [2.75, 3.05) is 5.32 Å². The summed E-state index contributed by atoms with van der Waals surface area (Å²) in [6.45, 7) is 9.56. The van der Waals surface area contributed by atoms with Crippen molar-refractivity contribution < 1.29 is 4.79 Å². The van der Waals surface area contributed by atoms with Gasteiger partial charge in [0.05, 0.1) is 5.69 Å². The lowest BCUT2D eigenvalue weighted by Crippen LogP contribution is -2.21. The summed E-state index contributed by atoms with van der Waals surface area (Å²) in [6.07, 6.45) is 0.704. The molecule has 0 bridgehead atoms. The molecular weight excluding hydrogens is 327 g/mol. The molecule has 0 saturated heterocycles. The fourth-order valence-corrected chi connectivity index (χ4v) is 1.78. The van der Waals surface area contributed by atoms with Gasteiger partial charge in [0.1, 0.15) is 5.82 Å². The fourth-order valence-electron chi connectivity index (χ4n) is 1.48. The summed E-state index contributed by atoms with van der Waals surface area (Å²) in [5.74, 6) is 0.525. The van der Waals surface area contributed by atoms with E-state index >= 15 is 0 Å². The lowest BCUT2D eigenvalue weighted by atomic mass is 10.0. The number of amides is 1. The summed E-state index contributed by atoms with van der Waals surface area (Å²) < 4.78 is 1.09. The first-order valence-corrected chi connectivity index (χ1v) is 6.56. The third kappa shape index (κ3) is 4.46. The highest BCUT2D eigenvalue weighted by Gasteiger charge is 2.13. The van der Waals surface area contributed by atoms with Crippen molar-refractivity contribution in [3.8, 4) is 0 Å². The highest BCUT2D eigenvalue weighted by atomic mass is 127. The Labute approximate surface area is 116 Å². The molecule has 0 fully saturated rings. The zero-order chi connectivity index (χ0) is 13.0. The van der Waals surface area contributed by atoms with Gasteiger partial charge in [0.2, 0.25) is 5.91 Å². The van der Waals surface area contributed by atoms with Crippen molar-refractivity contribution in [1.29, 1.82) is 0 Å². The quantitative estimate of drug-likeness (QED) is 0.671. The number of rotatable bonds is 4. The summed E-state index contributed by atoms with van der Waals surface area (Å²) in [4.78, 5) is 16.2. The van der Waals surface area contributed by atoms with Gasteiger partial charge in [-0.2, -0.15) is 0 Å². The van der Waals surface area contributed by atoms with Gasteiger partial charge in [-0.15, -0.1) is 6.58 Å². The van der Waals surface area contributed by atoms with Crippen LogP contribution in [0.1, 0.15) is 26.0 Å². The number of hydrogen-bond acceptors (Lipinski definition) is 2. The predicted octanol–water partition coefficient (Wildman–Crippen LogP) is 3.54. The van der Waals surface area contributed by atoms with Gasteiger partial charge in [0.25, 0.3) is 0 Å². The normalized spacial score (nSPS) is 12.0. The largest absolute Gasteiger partial charge is 0.310 e. The molecule has 0 aliphatic heterocycles. The Morgan fingerprint density at radius 3 is 2.76 bits per heavy atom. The van der Waals surface area contributed by atoms with Crippen LogP contribution in [0.3, 0.4) is 0 Å². The minimum atomic E-state index is -0.0751. The first-order chi connectivity index (χ1) is 7.90. The van der Waals surface area contributed by atoms with E-state index in [-0.39, 0.29) is 11.8 Å². The molecule has 1 unspecified atom stereocenters. The van der Waals surface area contributed by atoms with Crippen LogP contribution in [0.15, 0.2) is 24.3 Å². The van der Waals surface area contributed by atoms with Crippen molar-refractivity contribution in [3.63, 3.8) is 0 Å². The molecule has 92 valence electrons. The van der Waals surface area contributed by atoms with Gasteiger partial charge in [-0.05, 0) is 55.0 Å². The minimum Gasteiger partial charge on any atom is -0.310 e. The Morgan fingerprint density at radius 2 is 2.24 bits per heavy atom. The van der Waals surface area contributed by atoms with Gasteiger partial charge >= 0.3 is 0 Å². The number of carbonyl (C=O) groups excluding carboxylic acids is 1. The molecule has 0 aromatic carbocycles. The Balaban J connectivity index is 2.67. The second kappa shape index (κ2) is 6.14. The van der Waals surface area contributed by atoms with Crippen LogP contribution in [0.25, 0.3) is 0 Å². The summed E-state index contributed by atoms with van der Waals surface area (Å²) in [5, 5.41) is 2.82. The lowest BCUT2D eigenvalue weighted by molar-refractivity contribution is -0.119. The maximum absolute atomic E-state index is 11.9. The summed E-state index contributed by atoms with van der Waals surface area (Å²) in [5.41, 5.74) is 1.94. The number of nitrogens with one attached hydrogen (secondary N) is 1. The maximum Gasteiger partial charge on any atom is 0.228 e. The second-order valence-electron chi connectivity index (χ2n) is 4.32. The number of aryl methyl sites for hydroxylation is 1. The number of aromatic nitrogens is 1. The second-order valence-corrected chi connectivity index (χ2v) is 5.48. The van der Waals surface area contributed by atoms with Crippen LogP contribution < -0.4 is 5.32 Å². The Kier molecular flexibility index (Phi) is 5.11. The molecule has 3 nitrogen and oxygen atoms in total. The first kappa shape index (κ1) is 14.2. The van der Waals surface area contributed by atoms with Crippen LogP contribution in [0.4, 0.5) is 5.82 Å². The zero-order valence-electron chi connectivity index (χ0n) is 10.4. The average molecular weight is 344 g/mol. The predicted molar refractivity (Wildman–Crippen MR) is 78.9 cm³/mol. The monoisotopic (exact) mass is 344 g/mol. The molecule has 0 saturated carbocycles. The average Bonchev–Trinajstić information content (AvgIpc) is 2.22. The molecule has 1 atom stereocenters. The minimum absolute atomic E-state index is 0.0129. The van der Waals surface area contributed by atoms with Crippen LogP contribution in [0, 0.1) is 16.4 Å². The lowest BCUT2D eigenvalue weighted by Gasteiger charge is -2.12. The van der Waals surface area contributed by atoms with Crippen LogP contribution in [-0.4, -0.2) is 10.9 Å². The number of nitrogens with zero attached hydrogens (tertiary/aromatic N) is 1. The summed E-state index contributed by atoms with van der Waals surface area (Å²) in [7, 11) is 0. The topological polar surface area (TPSA) is 42.0 Å². The van der Waals surface area contributed by atoms with E-state index in [1.807, 2.05) is 32.9 Å². The SMILES string of the molecule is C=C(C)CC(C)C(=O)Nc1ccc(I)c(C)n1. The summed E-state index contributed by atoms with van der Waals surface area (Å²) in [6, 6.07) is 3.77. The van der Waals surface area contributed by atoms with Gasteiger partial charge in [-0.3, -0.25) is 4.79 Å². The van der Waals surface area contributed by atoms with Gasteiger partial charge in [-0.25, -0.2) is 4.98 Å². The van der Waals surface area contributed by atoms with Gasteiger partial charge < -0.3 is 5.32 Å². The molecule has 1 aromatic heterocycles. The molecule has 17 heavy (non-hydrogen) atoms. The van der Waals surface area contributed by atoms with E-state index in [0.29, 0.717) is 12.2 Å². The molecule has 0 radical (unpaired) electrons. The number of carbonyl (C=O) groups is 1. The zero-order valence-corrected chi connectivity index (χ0v) is 12.5. The van der Waals surface area contributed by atoms with E-state index in [1.165, 1.54) is 0 Å². The maximum atomic E-state index is 11.9. The van der Waals surface area contributed by atoms with E-state index in [9.17, 15) is 4.79 Å². The van der Waals surface area contributed by atoms with E-state index in [1.54, 1.807) is 0 Å². The van der Waals surface area contributed by atoms with Crippen molar-refractivity contribution in [2.24, 2.45) is 5.92 Å². The molecule has 0 aliphatic carbocycles. The first-order valence-electron chi connectivity index (χ1n) is 5.48. The molecule has 0 spiro atoms. The third-order valence-corrected chi connectivity index (χ3v) is 3.51. The molecule has 4 heteroatoms. The van der Waals surface area contributed by atoms with Gasteiger partial charge in [0, 0.05) is 9.49 Å². The van der Waals surface area contributed by atoms with Crippen molar-refractivity contribution in [1.82, 2.24) is 4.98 Å². The molecular formula is C13H17IN2O. The highest BCUT2D eigenvalue weighted by molar-refractivity contribution is 14.1. The van der Waals surface area contributed by atoms with Crippen molar-refractivity contribution >= 4 is 34.3 Å². The Bertz CT molecular complexity index is 443. The van der Waals surface area contributed by atoms with E-state index in [0.717, 1.165) is 14.8 Å². The Morgan fingerprint density at radius 1 is 1.59 bits per heavy atom. The van der Waals surface area contributed by atoms with Crippen molar-refractivity contribution in [3.05, 3.63) is 33.5 Å². The number of allylic oxidation sites excluding steroid dienone is 1. The van der Waals surface area contributed by atoms with E-state index < -0.39 is 0 Å². The number of hydrogen-bond donors (Lipinski definition) is 1. The van der Waals surface area contributed by atoms with Crippen LogP contribution in [0.5, 0.6) is 0 Å². The van der Waals surface area contributed by atoms with E-state index in [4.69, 9.17) is 0 Å². The number of pyridine rings is 1. The standard InChI is InChI=1S/C13H17IN2O/c1-8(2)7-9(3)13(17)16-12-6-5-11(14)10(4)15-12/h5-6,9H,1,7H2,2-4H3,(H,15,16,17). The molecule has 0 aliphatic rings. The highest BCUT2D eigenvalue weighted by Crippen LogP contribution is 2.15. The number of anilines is 1. The van der Waals surface area contributed by atoms with E-state index in [2.05, 4.69) is 39.5 Å². The third-order valence-electron chi connectivity index (χ3n) is 2.37. The van der Waals surface area contributed by atoms with Crippen molar-refractivity contribution in [2.45, 2.75) is 27.2 Å². The molecule has 1 aromatic rings. The molecule has 1 amide bonds. The van der Waals surface area contributed by atoms with Crippen LogP contribution >= 0.6 is 22.6 Å². The summed E-state index contributed by atoms with van der Waals surface area (Å²) >= 11 is 2.22. The van der Waals surface area contributed by atoms with Gasteiger partial charge in [-0.1, -0.05) is 12.5 Å².